The van der Waals surface area contributed by atoms with E-state index in [2.05, 4.69) is 38.5 Å². The summed E-state index contributed by atoms with van der Waals surface area (Å²) in [4.78, 5) is 27.1. The van der Waals surface area contributed by atoms with E-state index in [1.807, 2.05) is 31.2 Å². The van der Waals surface area contributed by atoms with E-state index in [1.54, 1.807) is 30.3 Å². The summed E-state index contributed by atoms with van der Waals surface area (Å²) in [7, 11) is 0. The van der Waals surface area contributed by atoms with Crippen molar-refractivity contribution in [3.05, 3.63) is 96.1 Å². The largest absolute Gasteiger partial charge is 0.490 e. The van der Waals surface area contributed by atoms with Crippen molar-refractivity contribution >= 4 is 67.5 Å². The van der Waals surface area contributed by atoms with Crippen LogP contribution in [0.1, 0.15) is 23.6 Å². The highest BCUT2D eigenvalue weighted by Crippen LogP contribution is 2.40. The molecule has 9 heteroatoms. The van der Waals surface area contributed by atoms with Crippen LogP contribution in [-0.4, -0.2) is 22.7 Å². The minimum atomic E-state index is -0.329. The summed E-state index contributed by atoms with van der Waals surface area (Å²) in [6, 6.07) is 17.3. The first-order valence-corrected chi connectivity index (χ1v) is 13.4. The first-order chi connectivity index (χ1) is 16.8. The Hall–Kier alpha value is -2.37. The van der Waals surface area contributed by atoms with Crippen LogP contribution in [0.15, 0.2) is 70.0 Å². The number of hydrogen-bond donors (Lipinski definition) is 0. The van der Waals surface area contributed by atoms with Crippen LogP contribution in [0, 0.1) is 9.39 Å². The molecule has 1 fully saturated rings. The van der Waals surface area contributed by atoms with E-state index in [4.69, 9.17) is 9.47 Å². The Morgan fingerprint density at radius 1 is 1.03 bits per heavy atom. The van der Waals surface area contributed by atoms with Crippen LogP contribution in [0.5, 0.6) is 11.5 Å². The van der Waals surface area contributed by atoms with Crippen molar-refractivity contribution < 1.29 is 23.5 Å². The van der Waals surface area contributed by atoms with Gasteiger partial charge in [-0.1, -0.05) is 24.3 Å². The summed E-state index contributed by atoms with van der Waals surface area (Å²) in [6.45, 7) is 2.73. The zero-order valence-electron chi connectivity index (χ0n) is 18.6. The van der Waals surface area contributed by atoms with Gasteiger partial charge < -0.3 is 9.47 Å². The zero-order valence-corrected chi connectivity index (χ0v) is 23.2. The number of carbonyl (C=O) groups is 2. The lowest BCUT2D eigenvalue weighted by Crippen LogP contribution is -2.27. The van der Waals surface area contributed by atoms with Crippen LogP contribution >= 0.6 is 50.3 Å². The average molecular weight is 668 g/mol. The fraction of sp³-hybridized carbons (Fsp3) is 0.154. The number of rotatable bonds is 8. The maximum atomic E-state index is 13.2. The molecule has 35 heavy (non-hydrogen) atoms. The van der Waals surface area contributed by atoms with Crippen LogP contribution in [0.3, 0.4) is 0 Å². The fourth-order valence-corrected chi connectivity index (χ4v) is 5.14. The van der Waals surface area contributed by atoms with E-state index < -0.39 is 0 Å². The predicted octanol–water partition coefficient (Wildman–Crippen LogP) is 7.41. The molecule has 1 aliphatic heterocycles. The van der Waals surface area contributed by atoms with E-state index in [0.29, 0.717) is 33.0 Å². The Bertz CT molecular complexity index is 1280. The number of nitrogens with zero attached hydrogens (tertiary/aromatic N) is 1. The molecule has 0 aliphatic carbocycles. The van der Waals surface area contributed by atoms with Crippen molar-refractivity contribution in [1.29, 1.82) is 0 Å². The summed E-state index contributed by atoms with van der Waals surface area (Å²) >= 11 is 6.65. The van der Waals surface area contributed by atoms with E-state index in [0.717, 1.165) is 26.5 Å². The number of thioether (sulfide) groups is 1. The Kier molecular flexibility index (Phi) is 8.51. The van der Waals surface area contributed by atoms with Gasteiger partial charge in [0.1, 0.15) is 12.4 Å². The molecule has 3 aromatic carbocycles. The monoisotopic (exact) mass is 667 g/mol. The number of halogens is 3. The molecule has 0 unspecified atom stereocenters. The number of imide groups is 1. The summed E-state index contributed by atoms with van der Waals surface area (Å²) < 4.78 is 26.6. The Morgan fingerprint density at radius 3 is 2.40 bits per heavy atom. The van der Waals surface area contributed by atoms with E-state index >= 15 is 0 Å². The first kappa shape index (κ1) is 25.7. The smallest absolute Gasteiger partial charge is 0.293 e. The summed E-state index contributed by atoms with van der Waals surface area (Å²) in [5.74, 6) is 0.356. The van der Waals surface area contributed by atoms with Crippen molar-refractivity contribution in [1.82, 2.24) is 4.90 Å². The molecule has 0 spiro atoms. The number of hydrogen-bond acceptors (Lipinski definition) is 5. The van der Waals surface area contributed by atoms with Gasteiger partial charge in [-0.3, -0.25) is 14.5 Å². The van der Waals surface area contributed by atoms with Gasteiger partial charge in [-0.05, 0) is 116 Å². The van der Waals surface area contributed by atoms with Gasteiger partial charge in [-0.2, -0.15) is 0 Å². The maximum absolute atomic E-state index is 13.2. The van der Waals surface area contributed by atoms with Gasteiger partial charge in [0.15, 0.2) is 11.5 Å². The van der Waals surface area contributed by atoms with Crippen LogP contribution in [0.2, 0.25) is 0 Å². The molecule has 5 nitrogen and oxygen atoms in total. The minimum Gasteiger partial charge on any atom is -0.490 e. The van der Waals surface area contributed by atoms with Gasteiger partial charge in [0, 0.05) is 3.57 Å². The van der Waals surface area contributed by atoms with Gasteiger partial charge in [-0.15, -0.1) is 0 Å². The molecule has 2 amide bonds. The van der Waals surface area contributed by atoms with Gasteiger partial charge in [0.05, 0.1) is 22.5 Å². The number of ether oxygens (including phenoxy) is 2. The summed E-state index contributed by atoms with van der Waals surface area (Å²) in [5, 5.41) is -0.303. The molecule has 0 radical (unpaired) electrons. The van der Waals surface area contributed by atoms with Crippen molar-refractivity contribution in [2.45, 2.75) is 20.1 Å². The molecular formula is C26H20BrFINO4S. The minimum absolute atomic E-state index is 0.225. The normalized spacial score (nSPS) is 14.6. The maximum Gasteiger partial charge on any atom is 0.293 e. The fourth-order valence-electron chi connectivity index (χ4n) is 3.37. The molecular weight excluding hydrogens is 648 g/mol. The molecule has 0 N–H and O–H groups in total. The second-order valence-electron chi connectivity index (χ2n) is 7.57. The summed E-state index contributed by atoms with van der Waals surface area (Å²) in [5.41, 5.74) is 2.39. The van der Waals surface area contributed by atoms with Gasteiger partial charge in [0.2, 0.25) is 0 Å². The topological polar surface area (TPSA) is 55.8 Å². The van der Waals surface area contributed by atoms with E-state index in [1.165, 1.54) is 17.0 Å². The standard InChI is InChI=1S/C26H20BrFINO4S/c1-2-33-22-12-18(11-21(27)24(22)34-15-17-3-7-19(28)8-4-17)13-23-25(31)30(26(32)35-23)14-16-5-9-20(29)10-6-16/h3-13H,2,14-15H2,1H3/b23-13-. The molecule has 0 saturated carbocycles. The lowest BCUT2D eigenvalue weighted by atomic mass is 10.1. The Labute approximate surface area is 228 Å². The molecule has 0 aromatic heterocycles. The highest BCUT2D eigenvalue weighted by atomic mass is 127. The third-order valence-corrected chi connectivity index (χ3v) is 7.27. The Balaban J connectivity index is 1.54. The molecule has 4 rings (SSSR count). The van der Waals surface area contributed by atoms with Crippen molar-refractivity contribution in [2.24, 2.45) is 0 Å². The number of carbonyl (C=O) groups excluding carboxylic acids is 2. The molecule has 3 aromatic rings. The average Bonchev–Trinajstić information content (AvgIpc) is 3.08. The SMILES string of the molecule is CCOc1cc(/C=C2\SC(=O)N(Cc3ccc(I)cc3)C2=O)cc(Br)c1OCc1ccc(F)cc1. The molecule has 1 aliphatic rings. The van der Waals surface area contributed by atoms with Crippen molar-refractivity contribution in [2.75, 3.05) is 6.61 Å². The van der Waals surface area contributed by atoms with Crippen LogP contribution < -0.4 is 9.47 Å². The number of amides is 2. The number of benzene rings is 3. The lowest BCUT2D eigenvalue weighted by molar-refractivity contribution is -0.123. The Morgan fingerprint density at radius 2 is 1.71 bits per heavy atom. The predicted molar refractivity (Wildman–Crippen MR) is 147 cm³/mol. The van der Waals surface area contributed by atoms with Gasteiger partial charge in [0.25, 0.3) is 11.1 Å². The van der Waals surface area contributed by atoms with Crippen LogP contribution in [0.4, 0.5) is 9.18 Å². The van der Waals surface area contributed by atoms with Gasteiger partial charge in [-0.25, -0.2) is 4.39 Å². The van der Waals surface area contributed by atoms with E-state index in [9.17, 15) is 14.0 Å². The molecule has 0 bridgehead atoms. The van der Waals surface area contributed by atoms with Crippen LogP contribution in [-0.2, 0) is 17.9 Å². The second kappa shape index (κ2) is 11.6. The van der Waals surface area contributed by atoms with Crippen molar-refractivity contribution in [3.63, 3.8) is 0 Å². The van der Waals surface area contributed by atoms with Crippen LogP contribution in [0.25, 0.3) is 6.08 Å². The quantitative estimate of drug-likeness (QED) is 0.185. The van der Waals surface area contributed by atoms with Gasteiger partial charge >= 0.3 is 0 Å². The first-order valence-electron chi connectivity index (χ1n) is 10.7. The van der Waals surface area contributed by atoms with E-state index in [-0.39, 0.29) is 30.1 Å². The highest BCUT2D eigenvalue weighted by Gasteiger charge is 2.35. The lowest BCUT2D eigenvalue weighted by Gasteiger charge is -2.15. The second-order valence-corrected chi connectivity index (χ2v) is 10.7. The third kappa shape index (κ3) is 6.45. The third-order valence-electron chi connectivity index (χ3n) is 5.05. The molecule has 0 atom stereocenters. The summed E-state index contributed by atoms with van der Waals surface area (Å²) in [6.07, 6.45) is 1.68. The molecule has 180 valence electrons. The zero-order chi connectivity index (χ0) is 24.9. The highest BCUT2D eigenvalue weighted by molar-refractivity contribution is 14.1. The molecule has 1 saturated heterocycles. The van der Waals surface area contributed by atoms with Crippen molar-refractivity contribution in [3.8, 4) is 11.5 Å². The molecule has 1 heterocycles.